The van der Waals surface area contributed by atoms with Crippen LogP contribution in [-0.2, 0) is 4.79 Å². The van der Waals surface area contributed by atoms with Gasteiger partial charge in [-0.25, -0.2) is 9.59 Å². The van der Waals surface area contributed by atoms with E-state index in [9.17, 15) is 9.59 Å². The molecule has 1 aromatic carbocycles. The average Bonchev–Trinajstić information content (AvgIpc) is 2.36. The zero-order valence-electron chi connectivity index (χ0n) is 9.71. The van der Waals surface area contributed by atoms with Crippen molar-refractivity contribution in [2.45, 2.75) is 11.0 Å². The lowest BCUT2D eigenvalue weighted by molar-refractivity contribution is -0.146. The number of nitrogens with one attached hydrogen (secondary N) is 2. The van der Waals surface area contributed by atoms with Crippen molar-refractivity contribution < 1.29 is 19.8 Å². The quantitative estimate of drug-likeness (QED) is 0.598. The molecule has 0 fully saturated rings. The molecule has 1 aromatic rings. The maximum absolute atomic E-state index is 11.4. The lowest BCUT2D eigenvalue weighted by atomic mass is 10.3. The Morgan fingerprint density at radius 1 is 1.33 bits per heavy atom. The number of thioether (sulfide) groups is 1. The summed E-state index contributed by atoms with van der Waals surface area (Å²) < 4.78 is 0. The summed E-state index contributed by atoms with van der Waals surface area (Å²) in [7, 11) is 0. The van der Waals surface area contributed by atoms with Crippen LogP contribution in [0.2, 0.25) is 0 Å². The molecule has 0 saturated heterocycles. The number of carboxylic acid groups (broad SMARTS) is 1. The smallest absolute Gasteiger partial charge is 0.334 e. The van der Waals surface area contributed by atoms with E-state index in [1.54, 1.807) is 23.9 Å². The lowest BCUT2D eigenvalue weighted by Gasteiger charge is -2.09. The minimum absolute atomic E-state index is 0.343. The largest absolute Gasteiger partial charge is 0.479 e. The fourth-order valence-electron chi connectivity index (χ4n) is 1.13. The molecule has 0 heterocycles. The van der Waals surface area contributed by atoms with Crippen molar-refractivity contribution in [3.8, 4) is 0 Å². The van der Waals surface area contributed by atoms with Gasteiger partial charge >= 0.3 is 12.0 Å². The average molecular weight is 270 g/mol. The molecule has 0 aromatic heterocycles. The second kappa shape index (κ2) is 6.87. The van der Waals surface area contributed by atoms with Crippen LogP contribution in [0.3, 0.4) is 0 Å². The Kier molecular flexibility index (Phi) is 5.47. The first-order valence-corrected chi connectivity index (χ1v) is 6.35. The van der Waals surface area contributed by atoms with E-state index < -0.39 is 18.1 Å². The Bertz CT molecular complexity index is 422. The summed E-state index contributed by atoms with van der Waals surface area (Å²) in [5, 5.41) is 22.2. The van der Waals surface area contributed by atoms with E-state index in [-0.39, 0.29) is 6.54 Å². The van der Waals surface area contributed by atoms with Gasteiger partial charge < -0.3 is 20.8 Å². The molecule has 0 aliphatic carbocycles. The first-order chi connectivity index (χ1) is 8.52. The van der Waals surface area contributed by atoms with Crippen molar-refractivity contribution in [1.29, 1.82) is 0 Å². The molecule has 0 aliphatic heterocycles. The van der Waals surface area contributed by atoms with Crippen LogP contribution >= 0.6 is 11.8 Å². The van der Waals surface area contributed by atoms with Crippen molar-refractivity contribution in [2.75, 3.05) is 18.1 Å². The van der Waals surface area contributed by atoms with Gasteiger partial charge in [0.15, 0.2) is 6.10 Å². The number of carboxylic acids is 1. The number of anilines is 1. The summed E-state index contributed by atoms with van der Waals surface area (Å²) in [6.07, 6.45) is 0.345. The van der Waals surface area contributed by atoms with Gasteiger partial charge in [0, 0.05) is 10.6 Å². The Hall–Kier alpha value is -1.73. The van der Waals surface area contributed by atoms with Crippen LogP contribution in [0.25, 0.3) is 0 Å². The lowest BCUT2D eigenvalue weighted by Crippen LogP contribution is -2.38. The SMILES string of the molecule is CSc1ccc(NC(=O)NCC(O)C(=O)O)cc1. The molecule has 6 nitrogen and oxygen atoms in total. The highest BCUT2D eigenvalue weighted by atomic mass is 32.2. The van der Waals surface area contributed by atoms with Gasteiger partial charge in [-0.2, -0.15) is 0 Å². The molecule has 0 aliphatic rings. The molecular formula is C11H14N2O4S. The molecule has 0 radical (unpaired) electrons. The van der Waals surface area contributed by atoms with Crippen LogP contribution in [0.4, 0.5) is 10.5 Å². The van der Waals surface area contributed by atoms with Gasteiger partial charge in [0.1, 0.15) is 0 Å². The van der Waals surface area contributed by atoms with Crippen molar-refractivity contribution in [3.63, 3.8) is 0 Å². The van der Waals surface area contributed by atoms with Gasteiger partial charge in [-0.15, -0.1) is 11.8 Å². The summed E-state index contributed by atoms with van der Waals surface area (Å²) in [6, 6.07) is 6.61. The third-order valence-corrected chi connectivity index (χ3v) is 2.83. The zero-order chi connectivity index (χ0) is 13.5. The monoisotopic (exact) mass is 270 g/mol. The minimum Gasteiger partial charge on any atom is -0.479 e. The minimum atomic E-state index is -1.60. The summed E-state index contributed by atoms with van der Waals surface area (Å²) in [5.74, 6) is -1.38. The summed E-state index contributed by atoms with van der Waals surface area (Å²) in [6.45, 7) is -0.343. The molecule has 98 valence electrons. The number of hydrogen-bond donors (Lipinski definition) is 4. The van der Waals surface area contributed by atoms with E-state index in [2.05, 4.69) is 10.6 Å². The molecule has 1 unspecified atom stereocenters. The van der Waals surface area contributed by atoms with Crippen molar-refractivity contribution in [1.82, 2.24) is 5.32 Å². The molecule has 1 rings (SSSR count). The Balaban J connectivity index is 2.42. The second-order valence-corrected chi connectivity index (χ2v) is 4.30. The van der Waals surface area contributed by atoms with Gasteiger partial charge in [-0.3, -0.25) is 0 Å². The Morgan fingerprint density at radius 2 is 1.94 bits per heavy atom. The molecule has 0 saturated carbocycles. The van der Waals surface area contributed by atoms with Crippen LogP contribution < -0.4 is 10.6 Å². The van der Waals surface area contributed by atoms with E-state index in [4.69, 9.17) is 10.2 Å². The molecule has 7 heteroatoms. The number of hydrogen-bond acceptors (Lipinski definition) is 4. The van der Waals surface area contributed by atoms with Crippen molar-refractivity contribution >= 4 is 29.4 Å². The molecule has 0 bridgehead atoms. The topological polar surface area (TPSA) is 98.7 Å². The maximum atomic E-state index is 11.4. The molecule has 1 atom stereocenters. The fourth-order valence-corrected chi connectivity index (χ4v) is 1.53. The van der Waals surface area contributed by atoms with Crippen LogP contribution in [0.1, 0.15) is 0 Å². The normalized spacial score (nSPS) is 11.7. The molecule has 4 N–H and O–H groups in total. The van der Waals surface area contributed by atoms with Crippen molar-refractivity contribution in [2.24, 2.45) is 0 Å². The van der Waals surface area contributed by atoms with E-state index in [0.29, 0.717) is 5.69 Å². The predicted molar refractivity (Wildman–Crippen MR) is 68.9 cm³/mol. The predicted octanol–water partition coefficient (Wildman–Crippen LogP) is 0.976. The Labute approximate surface area is 108 Å². The van der Waals surface area contributed by atoms with Crippen LogP contribution in [-0.4, -0.2) is 41.1 Å². The van der Waals surface area contributed by atoms with Gasteiger partial charge in [0.25, 0.3) is 0 Å². The summed E-state index contributed by atoms with van der Waals surface area (Å²) >= 11 is 1.59. The Morgan fingerprint density at radius 3 is 2.44 bits per heavy atom. The van der Waals surface area contributed by atoms with E-state index in [1.165, 1.54) is 0 Å². The highest BCUT2D eigenvalue weighted by Crippen LogP contribution is 2.17. The first-order valence-electron chi connectivity index (χ1n) is 5.12. The van der Waals surface area contributed by atoms with Crippen LogP contribution in [0.5, 0.6) is 0 Å². The highest BCUT2D eigenvalue weighted by Gasteiger charge is 2.13. The fraction of sp³-hybridized carbons (Fsp3) is 0.273. The first kappa shape index (κ1) is 14.3. The van der Waals surface area contributed by atoms with Gasteiger partial charge in [0.2, 0.25) is 0 Å². The molecule has 0 spiro atoms. The number of aliphatic hydroxyl groups excluding tert-OH is 1. The highest BCUT2D eigenvalue weighted by molar-refractivity contribution is 7.98. The standard InChI is InChI=1S/C11H14N2O4S/c1-18-8-4-2-7(3-5-8)13-11(17)12-6-9(14)10(15)16/h2-5,9,14H,6H2,1H3,(H,15,16)(H2,12,13,17). The second-order valence-electron chi connectivity index (χ2n) is 3.42. The number of aliphatic carboxylic acids is 1. The molecule has 2 amide bonds. The van der Waals surface area contributed by atoms with E-state index >= 15 is 0 Å². The van der Waals surface area contributed by atoms with Crippen LogP contribution in [0, 0.1) is 0 Å². The zero-order valence-corrected chi connectivity index (χ0v) is 10.5. The summed E-state index contributed by atoms with van der Waals surface area (Å²) in [4.78, 5) is 22.8. The number of aliphatic hydroxyl groups is 1. The number of carbonyl (C=O) groups is 2. The van der Waals surface area contributed by atoms with Crippen molar-refractivity contribution in [3.05, 3.63) is 24.3 Å². The number of rotatable bonds is 5. The third kappa shape index (κ3) is 4.64. The number of carbonyl (C=O) groups excluding carboxylic acids is 1. The molecule has 18 heavy (non-hydrogen) atoms. The third-order valence-electron chi connectivity index (χ3n) is 2.09. The maximum Gasteiger partial charge on any atom is 0.334 e. The number of urea groups is 1. The van der Waals surface area contributed by atoms with E-state index in [1.807, 2.05) is 18.4 Å². The summed E-state index contributed by atoms with van der Waals surface area (Å²) in [5.41, 5.74) is 0.593. The number of amides is 2. The van der Waals surface area contributed by atoms with Gasteiger partial charge in [-0.05, 0) is 30.5 Å². The van der Waals surface area contributed by atoms with Gasteiger partial charge in [-0.1, -0.05) is 0 Å². The number of benzene rings is 1. The van der Waals surface area contributed by atoms with Crippen LogP contribution in [0.15, 0.2) is 29.2 Å². The van der Waals surface area contributed by atoms with E-state index in [0.717, 1.165) is 4.90 Å². The van der Waals surface area contributed by atoms with Gasteiger partial charge in [0.05, 0.1) is 6.54 Å². The molecular weight excluding hydrogens is 256 g/mol.